The van der Waals surface area contributed by atoms with Crippen molar-refractivity contribution >= 4 is 25.6 Å². The fourth-order valence-corrected chi connectivity index (χ4v) is 5.58. The quantitative estimate of drug-likeness (QED) is 0.395. The average Bonchev–Trinajstić information content (AvgIpc) is 2.66. The minimum absolute atomic E-state index is 0.0944. The molecule has 0 radical (unpaired) electrons. The van der Waals surface area contributed by atoms with Crippen LogP contribution in [0.15, 0.2) is 92.3 Å². The fraction of sp³-hybridized carbons (Fsp3) is 0. The number of rotatable bonds is 2. The van der Waals surface area contributed by atoms with Crippen molar-refractivity contribution in [2.24, 2.45) is 0 Å². The molecule has 0 aliphatic carbocycles. The Morgan fingerprint density at radius 1 is 0.793 bits per heavy atom. The van der Waals surface area contributed by atoms with Crippen molar-refractivity contribution in [3.63, 3.8) is 0 Å². The second kappa shape index (κ2) is 6.61. The molecule has 0 bridgehead atoms. The van der Waals surface area contributed by atoms with E-state index in [1.165, 1.54) is 48.5 Å². The summed E-state index contributed by atoms with van der Waals surface area (Å²) in [5, 5.41) is 12.1. The highest BCUT2D eigenvalue weighted by Gasteiger charge is 2.36. The number of sulfone groups is 2. The summed E-state index contributed by atoms with van der Waals surface area (Å²) in [5.41, 5.74) is 0. The van der Waals surface area contributed by atoms with Gasteiger partial charge in [0.2, 0.25) is 19.7 Å². The molecule has 2 heterocycles. The molecule has 8 nitrogen and oxygen atoms in total. The summed E-state index contributed by atoms with van der Waals surface area (Å²) in [7, 11) is -8.33. The molecular formula is C19H11O8S2-. The normalized spacial score (nSPS) is 20.7. The van der Waals surface area contributed by atoms with Gasteiger partial charge < -0.3 is 14.6 Å². The Kier molecular flexibility index (Phi) is 4.32. The molecule has 0 spiro atoms. The summed E-state index contributed by atoms with van der Waals surface area (Å²) in [6.07, 6.45) is 2.73. The van der Waals surface area contributed by atoms with Gasteiger partial charge in [0.1, 0.15) is 10.6 Å². The number of benzene rings is 2. The molecule has 29 heavy (non-hydrogen) atoms. The van der Waals surface area contributed by atoms with Crippen molar-refractivity contribution in [2.75, 3.05) is 0 Å². The van der Waals surface area contributed by atoms with Crippen molar-refractivity contribution in [3.05, 3.63) is 82.5 Å². The van der Waals surface area contributed by atoms with Crippen LogP contribution >= 0.6 is 0 Å². The first kappa shape index (κ1) is 19.0. The minimum atomic E-state index is -4.17. The molecule has 148 valence electrons. The molecule has 0 aromatic heterocycles. The van der Waals surface area contributed by atoms with Crippen molar-refractivity contribution in [3.8, 4) is 11.5 Å². The zero-order chi connectivity index (χ0) is 20.8. The van der Waals surface area contributed by atoms with Crippen LogP contribution in [0.3, 0.4) is 0 Å². The van der Waals surface area contributed by atoms with Crippen LogP contribution in [0.25, 0.3) is 0 Å². The lowest BCUT2D eigenvalue weighted by molar-refractivity contribution is -0.343. The van der Waals surface area contributed by atoms with E-state index >= 15 is 0 Å². The van der Waals surface area contributed by atoms with Gasteiger partial charge in [-0.2, -0.15) is 0 Å². The SMILES string of the molecule is O=C1Oc2ccccc2S(=O)(=O)C1=CC=CC1=C([O-])Oc2ccccc2S1(=O)=O. The zero-order valence-electron chi connectivity index (χ0n) is 14.4. The summed E-state index contributed by atoms with van der Waals surface area (Å²) in [6, 6.07) is 11.2. The van der Waals surface area contributed by atoms with E-state index in [9.17, 15) is 26.7 Å². The molecular weight excluding hydrogens is 420 g/mol. The standard InChI is InChI=1S/C19H12O8S2/c20-18-16(28(22,23)14-8-3-1-6-12(14)26-18)10-5-11-17-19(21)27-13-7-2-4-9-15(13)29(17,24)25/h1-11,20H/p-1. The summed E-state index contributed by atoms with van der Waals surface area (Å²) in [6.45, 7) is 0. The predicted molar refractivity (Wildman–Crippen MR) is 97.8 cm³/mol. The molecule has 0 unspecified atom stereocenters. The van der Waals surface area contributed by atoms with Crippen LogP contribution in [-0.2, 0) is 24.5 Å². The highest BCUT2D eigenvalue weighted by molar-refractivity contribution is 7.96. The molecule has 2 aliphatic rings. The van der Waals surface area contributed by atoms with Gasteiger partial charge in [-0.3, -0.25) is 0 Å². The van der Waals surface area contributed by atoms with Crippen LogP contribution in [0.4, 0.5) is 0 Å². The van der Waals surface area contributed by atoms with Crippen molar-refractivity contribution in [1.29, 1.82) is 0 Å². The fourth-order valence-electron chi connectivity index (χ4n) is 2.81. The van der Waals surface area contributed by atoms with E-state index in [2.05, 4.69) is 0 Å². The Morgan fingerprint density at radius 3 is 2.00 bits per heavy atom. The van der Waals surface area contributed by atoms with Crippen LogP contribution in [0.1, 0.15) is 0 Å². The summed E-state index contributed by atoms with van der Waals surface area (Å²) in [5.74, 6) is -2.42. The maximum Gasteiger partial charge on any atom is 0.355 e. The van der Waals surface area contributed by atoms with E-state index in [-0.39, 0.29) is 21.3 Å². The Morgan fingerprint density at radius 2 is 1.34 bits per heavy atom. The number of carbonyl (C=O) groups is 1. The smallest absolute Gasteiger partial charge is 0.355 e. The van der Waals surface area contributed by atoms with Gasteiger partial charge in [-0.25, -0.2) is 21.6 Å². The Balaban J connectivity index is 1.74. The van der Waals surface area contributed by atoms with Crippen LogP contribution in [0, 0.1) is 0 Å². The van der Waals surface area contributed by atoms with Gasteiger partial charge in [-0.15, -0.1) is 0 Å². The van der Waals surface area contributed by atoms with Crippen molar-refractivity contribution < 1.29 is 36.2 Å². The van der Waals surface area contributed by atoms with Crippen molar-refractivity contribution in [2.45, 2.75) is 9.79 Å². The van der Waals surface area contributed by atoms with Crippen molar-refractivity contribution in [1.82, 2.24) is 0 Å². The second-order valence-electron chi connectivity index (χ2n) is 5.93. The molecule has 0 amide bonds. The number of hydrogen-bond donors (Lipinski definition) is 0. The molecule has 0 N–H and O–H groups in total. The number of fused-ring (bicyclic) bond motifs is 2. The second-order valence-corrected chi connectivity index (χ2v) is 9.71. The van der Waals surface area contributed by atoms with E-state index in [1.54, 1.807) is 0 Å². The molecule has 0 saturated carbocycles. The highest BCUT2D eigenvalue weighted by atomic mass is 32.2. The number of allylic oxidation sites excluding steroid dienone is 3. The number of esters is 1. The molecule has 0 atom stereocenters. The lowest BCUT2D eigenvalue weighted by atomic mass is 10.3. The molecule has 10 heteroatoms. The lowest BCUT2D eigenvalue weighted by Crippen LogP contribution is -2.25. The van der Waals surface area contributed by atoms with Gasteiger partial charge in [-0.1, -0.05) is 30.3 Å². The Bertz CT molecular complexity index is 1350. The van der Waals surface area contributed by atoms with E-state index in [1.807, 2.05) is 0 Å². The van der Waals surface area contributed by atoms with E-state index < -0.39 is 41.4 Å². The maximum atomic E-state index is 12.6. The first-order chi connectivity index (χ1) is 13.7. The molecule has 2 aromatic carbocycles. The average molecular weight is 431 g/mol. The summed E-state index contributed by atoms with van der Waals surface area (Å²) >= 11 is 0. The van der Waals surface area contributed by atoms with Gasteiger partial charge in [0, 0.05) is 5.75 Å². The largest absolute Gasteiger partial charge is 0.577 e. The number of ether oxygens (including phenoxy) is 2. The number of hydrogen-bond acceptors (Lipinski definition) is 8. The van der Waals surface area contributed by atoms with E-state index in [0.717, 1.165) is 18.2 Å². The van der Waals surface area contributed by atoms with Gasteiger partial charge in [0.25, 0.3) is 0 Å². The first-order valence-electron chi connectivity index (χ1n) is 8.11. The van der Waals surface area contributed by atoms with Gasteiger partial charge in [-0.05, 0) is 36.4 Å². The van der Waals surface area contributed by atoms with Crippen LogP contribution in [0.5, 0.6) is 11.5 Å². The topological polar surface area (TPSA) is 127 Å². The van der Waals surface area contributed by atoms with E-state index in [0.29, 0.717) is 0 Å². The third-order valence-corrected chi connectivity index (χ3v) is 7.76. The first-order valence-corrected chi connectivity index (χ1v) is 11.1. The van der Waals surface area contributed by atoms with E-state index in [4.69, 9.17) is 9.47 Å². The zero-order valence-corrected chi connectivity index (χ0v) is 16.1. The number of para-hydroxylation sites is 2. The van der Waals surface area contributed by atoms with Crippen LogP contribution < -0.4 is 14.6 Å². The molecule has 0 fully saturated rings. The third-order valence-electron chi connectivity index (χ3n) is 4.16. The summed E-state index contributed by atoms with van der Waals surface area (Å²) < 4.78 is 60.5. The maximum absolute atomic E-state index is 12.6. The van der Waals surface area contributed by atoms with Crippen LogP contribution in [0.2, 0.25) is 0 Å². The molecule has 2 aliphatic heterocycles. The van der Waals surface area contributed by atoms with Gasteiger partial charge in [0.15, 0.2) is 4.91 Å². The Labute approximate surface area is 165 Å². The summed E-state index contributed by atoms with van der Waals surface area (Å²) in [4.78, 5) is 10.3. The third kappa shape index (κ3) is 3.02. The van der Waals surface area contributed by atoms with Crippen LogP contribution in [-0.4, -0.2) is 22.8 Å². The molecule has 4 rings (SSSR count). The minimum Gasteiger partial charge on any atom is -0.577 e. The van der Waals surface area contributed by atoms with Gasteiger partial charge >= 0.3 is 5.97 Å². The Hall–Kier alpha value is -3.37. The molecule has 0 saturated heterocycles. The monoisotopic (exact) mass is 431 g/mol. The molecule has 2 aromatic rings. The lowest BCUT2D eigenvalue weighted by Gasteiger charge is -2.26. The van der Waals surface area contributed by atoms with Gasteiger partial charge in [0.05, 0.1) is 15.7 Å². The number of carbonyl (C=O) groups excluding carboxylic acids is 1. The highest BCUT2D eigenvalue weighted by Crippen LogP contribution is 2.36. The predicted octanol–water partition coefficient (Wildman–Crippen LogP) is 1.22.